The van der Waals surface area contributed by atoms with E-state index < -0.39 is 16.7 Å². The standard InChI is InChI=1S/C8H15NO3/c1-5-6-12-8(10)7(2)9(3,4)11/h5,7H,1,6H2,2-4H3. The van der Waals surface area contributed by atoms with Crippen LogP contribution in [0.1, 0.15) is 6.92 Å². The predicted octanol–water partition coefficient (Wildman–Crippen LogP) is 0.678. The molecule has 70 valence electrons. The molecule has 4 heteroatoms. The lowest BCUT2D eigenvalue weighted by atomic mass is 10.3. The summed E-state index contributed by atoms with van der Waals surface area (Å²) < 4.78 is 4.04. The van der Waals surface area contributed by atoms with Crippen LogP contribution in [0.4, 0.5) is 0 Å². The summed E-state index contributed by atoms with van der Waals surface area (Å²) in [5.41, 5.74) is 0. The van der Waals surface area contributed by atoms with Gasteiger partial charge in [0, 0.05) is 0 Å². The third kappa shape index (κ3) is 3.50. The summed E-state index contributed by atoms with van der Waals surface area (Å²) >= 11 is 0. The van der Waals surface area contributed by atoms with E-state index in [1.807, 2.05) is 0 Å². The molecular formula is C8H15NO3. The first-order valence-corrected chi connectivity index (χ1v) is 3.71. The highest BCUT2D eigenvalue weighted by Gasteiger charge is 2.24. The van der Waals surface area contributed by atoms with Gasteiger partial charge in [0.25, 0.3) is 0 Å². The number of hydroxylamine groups is 3. The number of quaternary nitrogens is 1. The lowest BCUT2D eigenvalue weighted by molar-refractivity contribution is -0.855. The lowest BCUT2D eigenvalue weighted by Gasteiger charge is -2.38. The Kier molecular flexibility index (Phi) is 3.92. The molecule has 0 aromatic carbocycles. The fourth-order valence-corrected chi connectivity index (χ4v) is 0.516. The van der Waals surface area contributed by atoms with Crippen molar-refractivity contribution in [2.24, 2.45) is 0 Å². The summed E-state index contributed by atoms with van der Waals surface area (Å²) in [7, 11) is 2.81. The maximum atomic E-state index is 11.2. The number of rotatable bonds is 4. The third-order valence-corrected chi connectivity index (χ3v) is 1.62. The van der Waals surface area contributed by atoms with E-state index in [1.54, 1.807) is 6.92 Å². The van der Waals surface area contributed by atoms with Crippen LogP contribution < -0.4 is 0 Å². The lowest BCUT2D eigenvalue weighted by Crippen LogP contribution is -2.47. The Balaban J connectivity index is 4.02. The average Bonchev–Trinajstić information content (AvgIpc) is 1.97. The van der Waals surface area contributed by atoms with Crippen LogP contribution in [-0.2, 0) is 9.53 Å². The molecule has 12 heavy (non-hydrogen) atoms. The van der Waals surface area contributed by atoms with E-state index in [0.717, 1.165) is 0 Å². The van der Waals surface area contributed by atoms with Crippen molar-refractivity contribution in [2.45, 2.75) is 13.0 Å². The minimum absolute atomic E-state index is 0.156. The minimum atomic E-state index is -0.690. The second-order valence-electron chi connectivity index (χ2n) is 3.03. The summed E-state index contributed by atoms with van der Waals surface area (Å²) in [6, 6.07) is -0.690. The molecule has 0 aliphatic rings. The number of esters is 1. The number of nitrogens with zero attached hydrogens (tertiary/aromatic N) is 1. The zero-order valence-electron chi connectivity index (χ0n) is 7.74. The Bertz CT molecular complexity index is 172. The molecular weight excluding hydrogens is 158 g/mol. The van der Waals surface area contributed by atoms with E-state index in [0.29, 0.717) is 0 Å². The zero-order chi connectivity index (χ0) is 9.78. The molecule has 0 aliphatic heterocycles. The normalized spacial score (nSPS) is 13.7. The van der Waals surface area contributed by atoms with Gasteiger partial charge in [0.05, 0.1) is 14.1 Å². The van der Waals surface area contributed by atoms with Gasteiger partial charge >= 0.3 is 5.97 Å². The van der Waals surface area contributed by atoms with Gasteiger partial charge in [0.15, 0.2) is 6.04 Å². The van der Waals surface area contributed by atoms with Crippen molar-refractivity contribution in [3.8, 4) is 0 Å². The molecule has 0 amide bonds. The Hall–Kier alpha value is -0.870. The van der Waals surface area contributed by atoms with E-state index >= 15 is 0 Å². The van der Waals surface area contributed by atoms with Crippen LogP contribution in [0, 0.1) is 5.21 Å². The Morgan fingerprint density at radius 3 is 2.58 bits per heavy atom. The summed E-state index contributed by atoms with van der Waals surface area (Å²) in [5, 5.41) is 11.2. The largest absolute Gasteiger partial charge is 0.633 e. The molecule has 0 saturated heterocycles. The van der Waals surface area contributed by atoms with Crippen molar-refractivity contribution in [3.05, 3.63) is 17.9 Å². The average molecular weight is 173 g/mol. The van der Waals surface area contributed by atoms with Crippen molar-refractivity contribution in [3.63, 3.8) is 0 Å². The molecule has 1 unspecified atom stereocenters. The van der Waals surface area contributed by atoms with E-state index in [9.17, 15) is 10.0 Å². The first kappa shape index (κ1) is 11.1. The summed E-state index contributed by atoms with van der Waals surface area (Å²) in [6.45, 7) is 5.09. The second kappa shape index (κ2) is 4.23. The van der Waals surface area contributed by atoms with Gasteiger partial charge in [-0.1, -0.05) is 12.7 Å². The summed E-state index contributed by atoms with van der Waals surface area (Å²) in [6.07, 6.45) is 1.47. The van der Waals surface area contributed by atoms with Crippen molar-refractivity contribution in [1.29, 1.82) is 0 Å². The first-order chi connectivity index (χ1) is 5.39. The van der Waals surface area contributed by atoms with Crippen molar-refractivity contribution in [2.75, 3.05) is 20.7 Å². The highest BCUT2D eigenvalue weighted by Crippen LogP contribution is 2.04. The summed E-state index contributed by atoms with van der Waals surface area (Å²) in [5.74, 6) is -0.491. The van der Waals surface area contributed by atoms with E-state index in [4.69, 9.17) is 4.74 Å². The Labute approximate surface area is 72.6 Å². The quantitative estimate of drug-likeness (QED) is 0.272. The number of hydrogen-bond acceptors (Lipinski definition) is 3. The van der Waals surface area contributed by atoms with Crippen molar-refractivity contribution >= 4 is 5.97 Å². The van der Waals surface area contributed by atoms with Crippen LogP contribution in [-0.4, -0.2) is 37.4 Å². The van der Waals surface area contributed by atoms with Crippen molar-refractivity contribution in [1.82, 2.24) is 0 Å². The molecule has 0 aromatic rings. The molecule has 1 atom stereocenters. The highest BCUT2D eigenvalue weighted by atomic mass is 16.6. The molecule has 0 bridgehead atoms. The monoisotopic (exact) mass is 173 g/mol. The number of carbonyl (C=O) groups is 1. The smallest absolute Gasteiger partial charge is 0.365 e. The van der Waals surface area contributed by atoms with Crippen LogP contribution in [0.2, 0.25) is 0 Å². The van der Waals surface area contributed by atoms with Gasteiger partial charge in [-0.2, -0.15) is 0 Å². The molecule has 0 aromatic heterocycles. The minimum Gasteiger partial charge on any atom is -0.633 e. The molecule has 0 spiro atoms. The van der Waals surface area contributed by atoms with Crippen LogP contribution in [0.3, 0.4) is 0 Å². The van der Waals surface area contributed by atoms with Gasteiger partial charge in [-0.15, -0.1) is 0 Å². The fraction of sp³-hybridized carbons (Fsp3) is 0.625. The van der Waals surface area contributed by atoms with Gasteiger partial charge in [0.2, 0.25) is 0 Å². The Morgan fingerprint density at radius 2 is 2.25 bits per heavy atom. The van der Waals surface area contributed by atoms with Gasteiger partial charge in [-0.05, 0) is 6.92 Å². The molecule has 0 N–H and O–H groups in total. The number of carbonyl (C=O) groups excluding carboxylic acids is 1. The molecule has 0 aliphatic carbocycles. The van der Waals surface area contributed by atoms with Gasteiger partial charge < -0.3 is 14.6 Å². The predicted molar refractivity (Wildman–Crippen MR) is 46.1 cm³/mol. The highest BCUT2D eigenvalue weighted by molar-refractivity contribution is 5.74. The number of ether oxygens (including phenoxy) is 1. The van der Waals surface area contributed by atoms with Crippen molar-refractivity contribution < 1.29 is 14.2 Å². The number of hydrogen-bond donors (Lipinski definition) is 0. The van der Waals surface area contributed by atoms with E-state index in [1.165, 1.54) is 20.2 Å². The summed E-state index contributed by atoms with van der Waals surface area (Å²) in [4.78, 5) is 11.1. The fourth-order valence-electron chi connectivity index (χ4n) is 0.516. The van der Waals surface area contributed by atoms with Crippen LogP contribution in [0.15, 0.2) is 12.7 Å². The van der Waals surface area contributed by atoms with Crippen LogP contribution >= 0.6 is 0 Å². The van der Waals surface area contributed by atoms with Gasteiger partial charge in [0.1, 0.15) is 6.61 Å². The first-order valence-electron chi connectivity index (χ1n) is 3.71. The topological polar surface area (TPSA) is 49.4 Å². The SMILES string of the molecule is C=CCOC(=O)C(C)[N+](C)(C)[O-]. The van der Waals surface area contributed by atoms with Crippen LogP contribution in [0.25, 0.3) is 0 Å². The molecule has 0 fully saturated rings. The maximum Gasteiger partial charge on any atom is 0.365 e. The second-order valence-corrected chi connectivity index (χ2v) is 3.03. The maximum absolute atomic E-state index is 11.2. The molecule has 0 heterocycles. The molecule has 0 rings (SSSR count). The third-order valence-electron chi connectivity index (χ3n) is 1.62. The van der Waals surface area contributed by atoms with E-state index in [2.05, 4.69) is 6.58 Å². The molecule has 4 nitrogen and oxygen atoms in total. The molecule has 0 saturated carbocycles. The van der Waals surface area contributed by atoms with Crippen LogP contribution in [0.5, 0.6) is 0 Å². The Morgan fingerprint density at radius 1 is 1.75 bits per heavy atom. The van der Waals surface area contributed by atoms with E-state index in [-0.39, 0.29) is 6.61 Å². The zero-order valence-corrected chi connectivity index (χ0v) is 7.74. The van der Waals surface area contributed by atoms with Gasteiger partial charge in [-0.3, -0.25) is 0 Å². The number of likely N-dealkylation sites (N-methyl/N-ethyl adjacent to an activating group) is 1. The molecule has 0 radical (unpaired) electrons. The van der Waals surface area contributed by atoms with Gasteiger partial charge in [-0.25, -0.2) is 4.79 Å².